The van der Waals surface area contributed by atoms with Crippen molar-refractivity contribution in [3.63, 3.8) is 0 Å². The van der Waals surface area contributed by atoms with Crippen molar-refractivity contribution in [3.05, 3.63) is 98.0 Å². The zero-order valence-corrected chi connectivity index (χ0v) is 17.4. The second kappa shape index (κ2) is 8.84. The largest absolute Gasteiger partial charge is 0.384 e. The number of nitrogens with zero attached hydrogens (tertiary/aromatic N) is 5. The number of nitriles is 1. The molecule has 2 aromatic rings. The number of nitrogens with two attached hydrogens (primary N) is 1. The Kier molecular flexibility index (Phi) is 6.23. The maximum absolute atomic E-state index is 12.3. The molecule has 0 amide bonds. The van der Waals surface area contributed by atoms with Gasteiger partial charge in [0.05, 0.1) is 16.6 Å². The lowest BCUT2D eigenvalue weighted by atomic mass is 9.86. The fourth-order valence-corrected chi connectivity index (χ4v) is 3.70. The van der Waals surface area contributed by atoms with Crippen LogP contribution in [0.15, 0.2) is 71.6 Å². The highest BCUT2D eigenvalue weighted by molar-refractivity contribution is 6.29. The van der Waals surface area contributed by atoms with Crippen LogP contribution in [0.25, 0.3) is 0 Å². The van der Waals surface area contributed by atoms with Crippen LogP contribution in [0.1, 0.15) is 24.0 Å². The van der Waals surface area contributed by atoms with Gasteiger partial charge in [0.25, 0.3) is 5.70 Å². The number of rotatable bonds is 6. The minimum Gasteiger partial charge on any atom is -0.384 e. The van der Waals surface area contributed by atoms with Gasteiger partial charge < -0.3 is 15.5 Å². The average molecular weight is 425 g/mol. The number of nitro groups is 1. The van der Waals surface area contributed by atoms with Crippen LogP contribution in [0.2, 0.25) is 5.15 Å². The number of hydrogen-bond acceptors (Lipinski definition) is 7. The smallest absolute Gasteiger partial charge is 0.299 e. The van der Waals surface area contributed by atoms with Crippen molar-refractivity contribution in [1.29, 1.82) is 5.26 Å². The molecule has 2 heterocycles. The Balaban J connectivity index is 2.18. The van der Waals surface area contributed by atoms with Gasteiger partial charge in [0.1, 0.15) is 16.9 Å². The normalized spacial score (nSPS) is 16.5. The number of allylic oxidation sites excluding steroid dienone is 1. The standard InChI is InChI=1S/C21H21ClN6O2/c1-3-27(13-14-9-10-17(22)25-12-14)21-19(28(29)30)18(15-7-5-4-6-8-15)16(11-23)20(24)26(21)2/h4-10,12,18H,3,13,24H2,1-2H3. The van der Waals surface area contributed by atoms with Gasteiger partial charge in [0.15, 0.2) is 5.82 Å². The summed E-state index contributed by atoms with van der Waals surface area (Å²) >= 11 is 5.87. The van der Waals surface area contributed by atoms with E-state index >= 15 is 0 Å². The van der Waals surface area contributed by atoms with Gasteiger partial charge in [0, 0.05) is 26.3 Å². The summed E-state index contributed by atoms with van der Waals surface area (Å²) in [5.41, 5.74) is 7.84. The van der Waals surface area contributed by atoms with Crippen LogP contribution < -0.4 is 5.73 Å². The van der Waals surface area contributed by atoms with Gasteiger partial charge in [-0.2, -0.15) is 5.26 Å². The number of aromatic nitrogens is 1. The predicted octanol–water partition coefficient (Wildman–Crippen LogP) is 3.43. The molecular formula is C21H21ClN6O2. The second-order valence-corrected chi connectivity index (χ2v) is 7.17. The maximum atomic E-state index is 12.3. The molecule has 0 saturated heterocycles. The molecule has 0 bridgehead atoms. The summed E-state index contributed by atoms with van der Waals surface area (Å²) in [6, 6.07) is 14.5. The summed E-state index contributed by atoms with van der Waals surface area (Å²) in [6.45, 7) is 2.75. The van der Waals surface area contributed by atoms with Crippen molar-refractivity contribution < 1.29 is 4.92 Å². The minimum atomic E-state index is -0.866. The van der Waals surface area contributed by atoms with Gasteiger partial charge in [-0.05, 0) is 24.1 Å². The van der Waals surface area contributed by atoms with Gasteiger partial charge in [0.2, 0.25) is 0 Å². The third-order valence-corrected chi connectivity index (χ3v) is 5.26. The maximum Gasteiger partial charge on any atom is 0.299 e. The van der Waals surface area contributed by atoms with E-state index in [1.165, 1.54) is 4.90 Å². The summed E-state index contributed by atoms with van der Waals surface area (Å²) in [4.78, 5) is 19.3. The van der Waals surface area contributed by atoms with Crippen molar-refractivity contribution >= 4 is 11.6 Å². The first-order valence-corrected chi connectivity index (χ1v) is 9.69. The quantitative estimate of drug-likeness (QED) is 0.429. The van der Waals surface area contributed by atoms with Crippen LogP contribution in [-0.4, -0.2) is 33.3 Å². The summed E-state index contributed by atoms with van der Waals surface area (Å²) in [5, 5.41) is 22.4. The molecule has 0 aliphatic carbocycles. The Morgan fingerprint density at radius 2 is 2.03 bits per heavy atom. The predicted molar refractivity (Wildman–Crippen MR) is 113 cm³/mol. The summed E-state index contributed by atoms with van der Waals surface area (Å²) in [5.74, 6) is -0.322. The van der Waals surface area contributed by atoms with Gasteiger partial charge in [-0.25, -0.2) is 4.98 Å². The molecule has 30 heavy (non-hydrogen) atoms. The number of pyridine rings is 1. The molecule has 8 nitrogen and oxygen atoms in total. The van der Waals surface area contributed by atoms with Gasteiger partial charge >= 0.3 is 0 Å². The Labute approximate surface area is 179 Å². The molecule has 1 aliphatic rings. The molecule has 1 aromatic heterocycles. The lowest BCUT2D eigenvalue weighted by molar-refractivity contribution is -0.433. The van der Waals surface area contributed by atoms with E-state index in [0.29, 0.717) is 29.6 Å². The number of hydrogen-bond donors (Lipinski definition) is 1. The summed E-state index contributed by atoms with van der Waals surface area (Å²) in [7, 11) is 1.63. The van der Waals surface area contributed by atoms with Crippen molar-refractivity contribution in [2.45, 2.75) is 19.4 Å². The van der Waals surface area contributed by atoms with Crippen LogP contribution >= 0.6 is 11.6 Å². The van der Waals surface area contributed by atoms with E-state index in [-0.39, 0.29) is 17.1 Å². The molecule has 9 heteroatoms. The zero-order valence-electron chi connectivity index (χ0n) is 16.6. The average Bonchev–Trinajstić information content (AvgIpc) is 2.75. The van der Waals surface area contributed by atoms with Crippen LogP contribution in [0.5, 0.6) is 0 Å². The molecule has 0 radical (unpaired) electrons. The summed E-state index contributed by atoms with van der Waals surface area (Å²) in [6.07, 6.45) is 1.63. The molecule has 154 valence electrons. The Morgan fingerprint density at radius 1 is 1.33 bits per heavy atom. The van der Waals surface area contributed by atoms with Crippen molar-refractivity contribution in [3.8, 4) is 6.07 Å². The Bertz CT molecular complexity index is 1040. The molecule has 1 atom stereocenters. The van der Waals surface area contributed by atoms with Gasteiger partial charge in [-0.3, -0.25) is 10.1 Å². The molecule has 0 saturated carbocycles. The highest BCUT2D eigenvalue weighted by Crippen LogP contribution is 2.41. The fourth-order valence-electron chi connectivity index (χ4n) is 3.59. The summed E-state index contributed by atoms with van der Waals surface area (Å²) < 4.78 is 0. The van der Waals surface area contributed by atoms with E-state index in [9.17, 15) is 15.4 Å². The van der Waals surface area contributed by atoms with Crippen LogP contribution in [-0.2, 0) is 6.54 Å². The number of halogens is 1. The first-order valence-electron chi connectivity index (χ1n) is 9.31. The minimum absolute atomic E-state index is 0.0850. The second-order valence-electron chi connectivity index (χ2n) is 6.78. The first-order chi connectivity index (χ1) is 14.4. The molecule has 3 rings (SSSR count). The van der Waals surface area contributed by atoms with Crippen LogP contribution in [0, 0.1) is 21.4 Å². The molecule has 1 aliphatic heterocycles. The highest BCUT2D eigenvalue weighted by Gasteiger charge is 2.43. The van der Waals surface area contributed by atoms with Crippen LogP contribution in [0.4, 0.5) is 0 Å². The zero-order chi connectivity index (χ0) is 21.8. The molecule has 2 N–H and O–H groups in total. The lowest BCUT2D eigenvalue weighted by Crippen LogP contribution is -2.42. The highest BCUT2D eigenvalue weighted by atomic mass is 35.5. The lowest BCUT2D eigenvalue weighted by Gasteiger charge is -2.37. The molecule has 0 fully saturated rings. The fraction of sp³-hybridized carbons (Fsp3) is 0.238. The van der Waals surface area contributed by atoms with E-state index in [2.05, 4.69) is 11.1 Å². The third kappa shape index (κ3) is 3.93. The van der Waals surface area contributed by atoms with Gasteiger partial charge in [-0.15, -0.1) is 0 Å². The van der Waals surface area contributed by atoms with E-state index in [0.717, 1.165) is 5.56 Å². The molecular weight excluding hydrogens is 404 g/mol. The SMILES string of the molecule is CCN(Cc1ccc(Cl)nc1)C1=C([N+](=O)[O-])C(c2ccccc2)C(C#N)=C(N)N1C. The van der Waals surface area contributed by atoms with Crippen molar-refractivity contribution in [2.24, 2.45) is 5.73 Å². The first kappa shape index (κ1) is 21.1. The van der Waals surface area contributed by atoms with Crippen molar-refractivity contribution in [2.75, 3.05) is 13.6 Å². The Morgan fingerprint density at radius 3 is 2.57 bits per heavy atom. The molecule has 1 aromatic carbocycles. The number of benzene rings is 1. The van der Waals surface area contributed by atoms with E-state index in [1.54, 1.807) is 43.6 Å². The monoisotopic (exact) mass is 424 g/mol. The topological polar surface area (TPSA) is 112 Å². The molecule has 1 unspecified atom stereocenters. The van der Waals surface area contributed by atoms with Crippen molar-refractivity contribution in [1.82, 2.24) is 14.8 Å². The van der Waals surface area contributed by atoms with E-state index < -0.39 is 10.8 Å². The van der Waals surface area contributed by atoms with E-state index in [4.69, 9.17) is 17.3 Å². The van der Waals surface area contributed by atoms with Crippen LogP contribution in [0.3, 0.4) is 0 Å². The van der Waals surface area contributed by atoms with E-state index in [1.807, 2.05) is 24.0 Å². The third-order valence-electron chi connectivity index (χ3n) is 5.04. The Hall–Kier alpha value is -3.57. The van der Waals surface area contributed by atoms with Gasteiger partial charge in [-0.1, -0.05) is 48.0 Å². The molecule has 0 spiro atoms.